The molecule has 0 fully saturated rings. The molecule has 1 aromatic carbocycles. The van der Waals surface area contributed by atoms with Crippen molar-refractivity contribution in [3.8, 4) is 0 Å². The van der Waals surface area contributed by atoms with Crippen molar-refractivity contribution in [3.05, 3.63) is 35.4 Å². The van der Waals surface area contributed by atoms with Gasteiger partial charge in [0.15, 0.2) is 5.78 Å². The summed E-state index contributed by atoms with van der Waals surface area (Å²) in [6.45, 7) is 2.33. The van der Waals surface area contributed by atoms with Gasteiger partial charge in [-0.25, -0.2) is 8.78 Å². The molecule has 1 rings (SSSR count). The van der Waals surface area contributed by atoms with Crippen LogP contribution in [0.4, 0.5) is 8.78 Å². The molecule has 1 aromatic rings. The summed E-state index contributed by atoms with van der Waals surface area (Å²) >= 11 is 0. The fourth-order valence-electron chi connectivity index (χ4n) is 1.78. The fourth-order valence-corrected chi connectivity index (χ4v) is 1.78. The van der Waals surface area contributed by atoms with E-state index >= 15 is 0 Å². The summed E-state index contributed by atoms with van der Waals surface area (Å²) in [6, 6.07) is 3.48. The van der Waals surface area contributed by atoms with Crippen LogP contribution in [-0.4, -0.2) is 31.3 Å². The van der Waals surface area contributed by atoms with Crippen LogP contribution >= 0.6 is 0 Å². The lowest BCUT2D eigenvalue weighted by molar-refractivity contribution is 0.0885. The number of ketones is 1. The smallest absolute Gasteiger partial charge is 0.173 e. The number of halogens is 2. The number of hydrogen-bond donors (Lipinski definition) is 0. The molecule has 1 atom stereocenters. The van der Waals surface area contributed by atoms with Crippen molar-refractivity contribution in [2.45, 2.75) is 13.3 Å². The molecule has 0 saturated heterocycles. The molecule has 0 N–H and O–H groups in total. The van der Waals surface area contributed by atoms with Crippen molar-refractivity contribution < 1.29 is 13.6 Å². The summed E-state index contributed by atoms with van der Waals surface area (Å²) < 4.78 is 26.9. The van der Waals surface area contributed by atoms with E-state index in [4.69, 9.17) is 0 Å². The molecule has 4 heteroatoms. The van der Waals surface area contributed by atoms with E-state index in [1.165, 1.54) is 6.07 Å². The monoisotopic (exact) mass is 241 g/mol. The van der Waals surface area contributed by atoms with Crippen molar-refractivity contribution in [2.24, 2.45) is 5.92 Å². The summed E-state index contributed by atoms with van der Waals surface area (Å²) in [6.07, 6.45) is 0.560. The molecule has 0 radical (unpaired) electrons. The first-order chi connectivity index (χ1) is 7.97. The highest BCUT2D eigenvalue weighted by atomic mass is 19.1. The zero-order chi connectivity index (χ0) is 13.0. The quantitative estimate of drug-likeness (QED) is 0.739. The van der Waals surface area contributed by atoms with Crippen LogP contribution in [0.15, 0.2) is 18.2 Å². The third-order valence-corrected chi connectivity index (χ3v) is 2.66. The van der Waals surface area contributed by atoms with E-state index in [2.05, 4.69) is 0 Å². The molecule has 0 aliphatic carbocycles. The summed E-state index contributed by atoms with van der Waals surface area (Å²) in [5.74, 6) is -2.41. The minimum absolute atomic E-state index is 0.378. The van der Waals surface area contributed by atoms with Gasteiger partial charge in [0.25, 0.3) is 0 Å². The van der Waals surface area contributed by atoms with Crippen molar-refractivity contribution in [1.82, 2.24) is 4.90 Å². The lowest BCUT2D eigenvalue weighted by atomic mass is 9.94. The fraction of sp³-hybridized carbons (Fsp3) is 0.462. The number of Topliss-reactive ketones (excluding diaryl/α,β-unsaturated/α-hetero) is 1. The Morgan fingerprint density at radius 2 is 1.82 bits per heavy atom. The molecule has 2 nitrogen and oxygen atoms in total. The molecule has 0 saturated carbocycles. The molecule has 17 heavy (non-hydrogen) atoms. The zero-order valence-electron chi connectivity index (χ0n) is 10.3. The average Bonchev–Trinajstić information content (AvgIpc) is 2.25. The predicted molar refractivity (Wildman–Crippen MR) is 63.0 cm³/mol. The Labute approximate surface area is 100 Å². The van der Waals surface area contributed by atoms with Gasteiger partial charge in [-0.3, -0.25) is 4.79 Å². The maximum Gasteiger partial charge on any atom is 0.173 e. The van der Waals surface area contributed by atoms with E-state index in [9.17, 15) is 13.6 Å². The zero-order valence-corrected chi connectivity index (χ0v) is 10.3. The van der Waals surface area contributed by atoms with Crippen LogP contribution in [-0.2, 0) is 0 Å². The Hall–Kier alpha value is -1.29. The molecule has 0 aromatic heterocycles. The Kier molecular flexibility index (Phi) is 4.75. The number of rotatable bonds is 5. The number of carbonyl (C=O) groups excluding carboxylic acids is 1. The maximum absolute atomic E-state index is 13.5. The second-order valence-corrected chi connectivity index (χ2v) is 4.33. The third kappa shape index (κ3) is 3.33. The summed E-state index contributed by atoms with van der Waals surface area (Å²) in [4.78, 5) is 13.9. The molecular formula is C13H17F2NO. The summed E-state index contributed by atoms with van der Waals surface area (Å²) in [7, 11) is 3.65. The van der Waals surface area contributed by atoms with Crippen molar-refractivity contribution in [2.75, 3.05) is 20.6 Å². The largest absolute Gasteiger partial charge is 0.309 e. The molecule has 0 amide bonds. The molecule has 1 unspecified atom stereocenters. The van der Waals surface area contributed by atoms with Gasteiger partial charge in [0.1, 0.15) is 11.6 Å². The van der Waals surface area contributed by atoms with E-state index in [1.54, 1.807) is 0 Å². The van der Waals surface area contributed by atoms with Crippen molar-refractivity contribution >= 4 is 5.78 Å². The van der Waals surface area contributed by atoms with Crippen LogP contribution in [0.1, 0.15) is 23.7 Å². The third-order valence-electron chi connectivity index (χ3n) is 2.66. The van der Waals surface area contributed by atoms with E-state index in [-0.39, 0.29) is 5.92 Å². The average molecular weight is 241 g/mol. The second kappa shape index (κ2) is 5.87. The van der Waals surface area contributed by atoms with Gasteiger partial charge >= 0.3 is 0 Å². The maximum atomic E-state index is 13.5. The highest BCUT2D eigenvalue weighted by molar-refractivity contribution is 5.98. The molecule has 0 aliphatic rings. The molecule has 0 spiro atoms. The topological polar surface area (TPSA) is 20.3 Å². The van der Waals surface area contributed by atoms with Gasteiger partial charge in [0.05, 0.1) is 5.56 Å². The van der Waals surface area contributed by atoms with Crippen LogP contribution < -0.4 is 0 Å². The van der Waals surface area contributed by atoms with Crippen LogP contribution in [0, 0.1) is 17.6 Å². The lowest BCUT2D eigenvalue weighted by Crippen LogP contribution is -2.28. The van der Waals surface area contributed by atoms with Crippen LogP contribution in [0.5, 0.6) is 0 Å². The molecule has 94 valence electrons. The lowest BCUT2D eigenvalue weighted by Gasteiger charge is -2.18. The predicted octanol–water partition coefficient (Wildman–Crippen LogP) is 2.74. The SMILES string of the molecule is CCC(CN(C)C)C(=O)c1c(F)cccc1F. The summed E-state index contributed by atoms with van der Waals surface area (Å²) in [5.41, 5.74) is -0.416. The van der Waals surface area contributed by atoms with E-state index in [1.807, 2.05) is 25.9 Å². The second-order valence-electron chi connectivity index (χ2n) is 4.33. The van der Waals surface area contributed by atoms with Gasteiger partial charge in [0, 0.05) is 12.5 Å². The van der Waals surface area contributed by atoms with Gasteiger partial charge in [-0.1, -0.05) is 13.0 Å². The van der Waals surface area contributed by atoms with Gasteiger partial charge < -0.3 is 4.90 Å². The van der Waals surface area contributed by atoms with Gasteiger partial charge in [-0.15, -0.1) is 0 Å². The Balaban J connectivity index is 3.02. The molecule has 0 aliphatic heterocycles. The van der Waals surface area contributed by atoms with Gasteiger partial charge in [-0.05, 0) is 32.6 Å². The minimum Gasteiger partial charge on any atom is -0.309 e. The Morgan fingerprint density at radius 1 is 1.29 bits per heavy atom. The van der Waals surface area contributed by atoms with Gasteiger partial charge in [0.2, 0.25) is 0 Å². The van der Waals surface area contributed by atoms with Crippen LogP contribution in [0.2, 0.25) is 0 Å². The Bertz CT molecular complexity index is 384. The van der Waals surface area contributed by atoms with E-state index in [0.29, 0.717) is 13.0 Å². The van der Waals surface area contributed by atoms with Crippen LogP contribution in [0.3, 0.4) is 0 Å². The van der Waals surface area contributed by atoms with Crippen molar-refractivity contribution in [1.29, 1.82) is 0 Å². The van der Waals surface area contributed by atoms with E-state index in [0.717, 1.165) is 12.1 Å². The number of carbonyl (C=O) groups is 1. The summed E-state index contributed by atoms with van der Waals surface area (Å²) in [5, 5.41) is 0. The van der Waals surface area contributed by atoms with Gasteiger partial charge in [-0.2, -0.15) is 0 Å². The van der Waals surface area contributed by atoms with Crippen molar-refractivity contribution in [3.63, 3.8) is 0 Å². The number of benzene rings is 1. The highest BCUT2D eigenvalue weighted by Crippen LogP contribution is 2.19. The first-order valence-corrected chi connectivity index (χ1v) is 5.60. The first kappa shape index (κ1) is 13.8. The minimum atomic E-state index is -0.785. The molecule has 0 heterocycles. The van der Waals surface area contributed by atoms with Crippen LogP contribution in [0.25, 0.3) is 0 Å². The molecule has 0 bridgehead atoms. The highest BCUT2D eigenvalue weighted by Gasteiger charge is 2.24. The van der Waals surface area contributed by atoms with E-state index < -0.39 is 23.0 Å². The Morgan fingerprint density at radius 3 is 2.24 bits per heavy atom. The normalized spacial score (nSPS) is 12.8. The molecular weight excluding hydrogens is 224 g/mol. The number of nitrogens with zero attached hydrogens (tertiary/aromatic N) is 1. The standard InChI is InChI=1S/C13H17F2NO/c1-4-9(8-16(2)3)13(17)12-10(14)6-5-7-11(12)15/h5-7,9H,4,8H2,1-3H3. The first-order valence-electron chi connectivity index (χ1n) is 5.60. The number of hydrogen-bond acceptors (Lipinski definition) is 2.